The van der Waals surface area contributed by atoms with Crippen molar-refractivity contribution < 1.29 is 27.4 Å². The molecule has 1 N–H and O–H groups in total. The Labute approximate surface area is 272 Å². The van der Waals surface area contributed by atoms with Gasteiger partial charge in [0.2, 0.25) is 5.43 Å². The Bertz CT molecular complexity index is 2100. The van der Waals surface area contributed by atoms with Gasteiger partial charge in [-0.3, -0.25) is 14.6 Å². The fourth-order valence-electron chi connectivity index (χ4n) is 5.62. The van der Waals surface area contributed by atoms with Crippen LogP contribution >= 0.6 is 0 Å². The highest BCUT2D eigenvalue weighted by molar-refractivity contribution is 7.91. The van der Waals surface area contributed by atoms with Crippen LogP contribution in [0.4, 0.5) is 5.82 Å². The third kappa shape index (κ3) is 7.12. The number of nitrogens with one attached hydrogen (secondary N) is 1. The number of sulfone groups is 1. The van der Waals surface area contributed by atoms with Crippen LogP contribution in [0.3, 0.4) is 0 Å². The lowest BCUT2D eigenvalue weighted by atomic mass is 10.0. The Morgan fingerprint density at radius 1 is 0.936 bits per heavy atom. The van der Waals surface area contributed by atoms with Gasteiger partial charge in [0.05, 0.1) is 37.4 Å². The predicted octanol–water partition coefficient (Wildman–Crippen LogP) is 5.65. The summed E-state index contributed by atoms with van der Waals surface area (Å²) in [6, 6.07) is 16.0. The molecule has 242 valence electrons. The van der Waals surface area contributed by atoms with Crippen molar-refractivity contribution in [3.63, 3.8) is 0 Å². The van der Waals surface area contributed by atoms with Gasteiger partial charge in [-0.05, 0) is 55.5 Å². The van der Waals surface area contributed by atoms with E-state index in [1.165, 1.54) is 12.4 Å². The normalized spacial score (nSPS) is 14.4. The molecule has 47 heavy (non-hydrogen) atoms. The highest BCUT2D eigenvalue weighted by atomic mass is 32.2. The topological polar surface area (TPSA) is 139 Å². The van der Waals surface area contributed by atoms with Crippen LogP contribution in [0.25, 0.3) is 22.0 Å². The molecule has 0 spiro atoms. The number of pyridine rings is 3. The lowest BCUT2D eigenvalue weighted by Crippen LogP contribution is -2.28. The standard InChI is InChI=1S/C35H34N4O7S/c1-22-4-6-24(7-5-22)27-20-39(19-23-11-14-47(42,43)15-12-23)21-28(34(27)40)35(41)38-33-9-8-25(18-37-33)46-30-10-13-36-29-17-32(45-3)31(44-2)16-26(29)30/h4-10,13,16-18,20-21,23H,11-12,14-15,19H2,1-3H3,(H,37,38,41). The SMILES string of the molecule is COc1cc2nccc(Oc3ccc(NC(=O)c4cn(CC5CCS(=O)(=O)CC5)cc(-c5ccc(C)cc5)c4=O)nc3)c2cc1OC. The number of amides is 1. The van der Waals surface area contributed by atoms with Gasteiger partial charge in [-0.25, -0.2) is 13.4 Å². The van der Waals surface area contributed by atoms with E-state index >= 15 is 0 Å². The van der Waals surface area contributed by atoms with E-state index < -0.39 is 21.2 Å². The zero-order chi connectivity index (χ0) is 33.1. The van der Waals surface area contributed by atoms with E-state index in [2.05, 4.69) is 15.3 Å². The van der Waals surface area contributed by atoms with Crippen LogP contribution in [0.1, 0.15) is 28.8 Å². The van der Waals surface area contributed by atoms with E-state index in [-0.39, 0.29) is 28.8 Å². The molecule has 0 atom stereocenters. The van der Waals surface area contributed by atoms with E-state index in [0.717, 1.165) is 5.56 Å². The Hall–Kier alpha value is -5.23. The first-order chi connectivity index (χ1) is 22.6. The van der Waals surface area contributed by atoms with Crippen molar-refractivity contribution in [1.29, 1.82) is 0 Å². The van der Waals surface area contributed by atoms with Gasteiger partial charge in [0.15, 0.2) is 11.5 Å². The van der Waals surface area contributed by atoms with Gasteiger partial charge in [0, 0.05) is 42.2 Å². The van der Waals surface area contributed by atoms with E-state index in [0.29, 0.717) is 64.4 Å². The largest absolute Gasteiger partial charge is 0.493 e. The van der Waals surface area contributed by atoms with Crippen LogP contribution in [0, 0.1) is 12.8 Å². The van der Waals surface area contributed by atoms with Gasteiger partial charge in [0.1, 0.15) is 32.7 Å². The molecule has 12 heteroatoms. The molecule has 0 aliphatic carbocycles. The molecule has 0 radical (unpaired) electrons. The van der Waals surface area contributed by atoms with Gasteiger partial charge in [-0.15, -0.1) is 0 Å². The number of hydrogen-bond acceptors (Lipinski definition) is 9. The van der Waals surface area contributed by atoms with Gasteiger partial charge in [-0.1, -0.05) is 29.8 Å². The van der Waals surface area contributed by atoms with Crippen molar-refractivity contribution >= 4 is 32.5 Å². The number of carbonyl (C=O) groups is 1. The number of ether oxygens (including phenoxy) is 3. The molecule has 0 bridgehead atoms. The number of benzene rings is 2. The maximum atomic E-state index is 13.7. The number of hydrogen-bond donors (Lipinski definition) is 1. The third-order valence-corrected chi connectivity index (χ3v) is 9.96. The average molecular weight is 655 g/mol. The number of rotatable bonds is 9. The highest BCUT2D eigenvalue weighted by Gasteiger charge is 2.25. The minimum Gasteiger partial charge on any atom is -0.493 e. The molecule has 5 aromatic rings. The summed E-state index contributed by atoms with van der Waals surface area (Å²) >= 11 is 0. The Morgan fingerprint density at radius 3 is 2.34 bits per heavy atom. The fourth-order valence-corrected chi connectivity index (χ4v) is 7.21. The molecular formula is C35H34N4O7S. The van der Waals surface area contributed by atoms with E-state index in [1.54, 1.807) is 56.9 Å². The number of methoxy groups -OCH3 is 2. The molecular weight excluding hydrogens is 620 g/mol. The summed E-state index contributed by atoms with van der Waals surface area (Å²) in [7, 11) is 0.0939. The maximum absolute atomic E-state index is 13.7. The molecule has 0 unspecified atom stereocenters. The summed E-state index contributed by atoms with van der Waals surface area (Å²) in [5.41, 5.74) is 2.32. The first kappa shape index (κ1) is 31.7. The van der Waals surface area contributed by atoms with Crippen molar-refractivity contribution in [2.45, 2.75) is 26.3 Å². The van der Waals surface area contributed by atoms with Crippen LogP contribution in [-0.2, 0) is 16.4 Å². The van der Waals surface area contributed by atoms with Gasteiger partial charge < -0.3 is 24.1 Å². The van der Waals surface area contributed by atoms with Crippen LogP contribution in [0.15, 0.2) is 84.2 Å². The molecule has 1 amide bonds. The first-order valence-corrected chi connectivity index (χ1v) is 16.9. The molecule has 6 rings (SSSR count). The minimum atomic E-state index is -3.01. The molecule has 4 heterocycles. The molecule has 1 fully saturated rings. The monoisotopic (exact) mass is 654 g/mol. The van der Waals surface area contributed by atoms with Gasteiger partial charge >= 0.3 is 0 Å². The summed E-state index contributed by atoms with van der Waals surface area (Å²) in [4.78, 5) is 35.9. The lowest BCUT2D eigenvalue weighted by molar-refractivity contribution is 0.102. The third-order valence-electron chi connectivity index (χ3n) is 8.24. The van der Waals surface area contributed by atoms with Crippen molar-refractivity contribution in [2.75, 3.05) is 31.0 Å². The first-order valence-electron chi connectivity index (χ1n) is 15.1. The predicted molar refractivity (Wildman–Crippen MR) is 179 cm³/mol. The van der Waals surface area contributed by atoms with E-state index in [9.17, 15) is 18.0 Å². The summed E-state index contributed by atoms with van der Waals surface area (Å²) in [6.07, 6.45) is 7.44. The molecule has 3 aromatic heterocycles. The Balaban J connectivity index is 1.24. The number of anilines is 1. The Morgan fingerprint density at radius 2 is 1.66 bits per heavy atom. The number of fused-ring (bicyclic) bond motifs is 1. The van der Waals surface area contributed by atoms with Crippen LogP contribution in [0.2, 0.25) is 0 Å². The summed E-state index contributed by atoms with van der Waals surface area (Å²) in [6.45, 7) is 2.45. The molecule has 1 saturated heterocycles. The highest BCUT2D eigenvalue weighted by Crippen LogP contribution is 2.37. The molecule has 1 aliphatic heterocycles. The smallest absolute Gasteiger partial charge is 0.262 e. The zero-order valence-electron chi connectivity index (χ0n) is 26.2. The summed E-state index contributed by atoms with van der Waals surface area (Å²) < 4.78 is 42.6. The lowest BCUT2D eigenvalue weighted by Gasteiger charge is -2.23. The second kappa shape index (κ2) is 13.2. The van der Waals surface area contributed by atoms with Crippen LogP contribution in [-0.4, -0.2) is 54.6 Å². The summed E-state index contributed by atoms with van der Waals surface area (Å²) in [5.74, 6) is 2.05. The minimum absolute atomic E-state index is 0.0405. The van der Waals surface area contributed by atoms with Gasteiger partial charge in [-0.2, -0.15) is 0 Å². The average Bonchev–Trinajstić information content (AvgIpc) is 3.07. The number of aromatic nitrogens is 3. The van der Waals surface area contributed by atoms with Crippen molar-refractivity contribution in [3.8, 4) is 34.1 Å². The molecule has 0 saturated carbocycles. The molecule has 1 aliphatic rings. The van der Waals surface area contributed by atoms with Crippen molar-refractivity contribution in [1.82, 2.24) is 14.5 Å². The quantitative estimate of drug-likeness (QED) is 0.214. The second-order valence-corrected chi connectivity index (χ2v) is 13.8. The number of aryl methyl sites for hydroxylation is 1. The maximum Gasteiger partial charge on any atom is 0.262 e. The van der Waals surface area contributed by atoms with Gasteiger partial charge in [0.25, 0.3) is 5.91 Å². The molecule has 2 aromatic carbocycles. The van der Waals surface area contributed by atoms with E-state index in [4.69, 9.17) is 14.2 Å². The zero-order valence-corrected chi connectivity index (χ0v) is 27.0. The number of carbonyl (C=O) groups excluding carboxylic acids is 1. The molecule has 11 nitrogen and oxygen atoms in total. The van der Waals surface area contributed by atoms with Crippen molar-refractivity contribution in [2.24, 2.45) is 5.92 Å². The van der Waals surface area contributed by atoms with Crippen LogP contribution < -0.4 is 25.0 Å². The van der Waals surface area contributed by atoms with Crippen molar-refractivity contribution in [3.05, 3.63) is 101 Å². The Kier molecular flexibility index (Phi) is 8.95. The summed E-state index contributed by atoms with van der Waals surface area (Å²) in [5, 5.41) is 3.45. The fraction of sp³-hybridized carbons (Fsp3) is 0.257. The second-order valence-electron chi connectivity index (χ2n) is 11.5. The number of nitrogens with zero attached hydrogens (tertiary/aromatic N) is 3. The van der Waals surface area contributed by atoms with E-state index in [1.807, 2.05) is 35.8 Å². The van der Waals surface area contributed by atoms with Crippen LogP contribution in [0.5, 0.6) is 23.0 Å².